The van der Waals surface area contributed by atoms with Gasteiger partial charge in [-0.1, -0.05) is 20.8 Å². The standard InChI is InChI=1S/C10H23N3O3S/c1-10(2,3)8(11)9(14)12-6-5-7-13-17(4,15)16/h8,13H,5-7,11H2,1-4H3,(H,12,14)/t8-/m1/s1. The van der Waals surface area contributed by atoms with E-state index in [1.807, 2.05) is 20.8 Å². The Morgan fingerprint density at radius 1 is 1.29 bits per heavy atom. The fourth-order valence-corrected chi connectivity index (χ4v) is 1.58. The van der Waals surface area contributed by atoms with Crippen molar-refractivity contribution in [3.8, 4) is 0 Å². The van der Waals surface area contributed by atoms with Gasteiger partial charge < -0.3 is 11.1 Å². The topological polar surface area (TPSA) is 101 Å². The van der Waals surface area contributed by atoms with Gasteiger partial charge in [0.05, 0.1) is 12.3 Å². The van der Waals surface area contributed by atoms with E-state index in [1.165, 1.54) is 0 Å². The number of carbonyl (C=O) groups is 1. The summed E-state index contributed by atoms with van der Waals surface area (Å²) in [5, 5.41) is 2.68. The first-order valence-electron chi connectivity index (χ1n) is 5.52. The molecule has 0 unspecified atom stereocenters. The van der Waals surface area contributed by atoms with Crippen molar-refractivity contribution in [1.82, 2.24) is 10.0 Å². The molecule has 1 atom stereocenters. The quantitative estimate of drug-likeness (QED) is 0.559. The molecule has 0 aromatic carbocycles. The Labute approximate surface area is 103 Å². The average molecular weight is 265 g/mol. The molecule has 102 valence electrons. The van der Waals surface area contributed by atoms with E-state index in [9.17, 15) is 13.2 Å². The molecule has 0 aliphatic carbocycles. The highest BCUT2D eigenvalue weighted by Gasteiger charge is 2.26. The summed E-state index contributed by atoms with van der Waals surface area (Å²) in [5.74, 6) is -0.211. The Hall–Kier alpha value is -0.660. The smallest absolute Gasteiger partial charge is 0.237 e. The first-order valence-corrected chi connectivity index (χ1v) is 7.41. The number of amides is 1. The summed E-state index contributed by atoms with van der Waals surface area (Å²) in [6.45, 7) is 6.39. The number of sulfonamides is 1. The van der Waals surface area contributed by atoms with Crippen molar-refractivity contribution in [3.63, 3.8) is 0 Å². The Bertz CT molecular complexity index is 346. The van der Waals surface area contributed by atoms with Gasteiger partial charge in [0.1, 0.15) is 0 Å². The highest BCUT2D eigenvalue weighted by Crippen LogP contribution is 2.16. The monoisotopic (exact) mass is 265 g/mol. The minimum Gasteiger partial charge on any atom is -0.355 e. The van der Waals surface area contributed by atoms with Crippen LogP contribution in [0, 0.1) is 5.41 Å². The predicted octanol–water partition coefficient (Wildman–Crippen LogP) is -0.585. The van der Waals surface area contributed by atoms with Crippen LogP contribution in [-0.2, 0) is 14.8 Å². The van der Waals surface area contributed by atoms with E-state index in [2.05, 4.69) is 10.0 Å². The third-order valence-electron chi connectivity index (χ3n) is 2.23. The van der Waals surface area contributed by atoms with Crippen LogP contribution in [0.25, 0.3) is 0 Å². The number of rotatable bonds is 6. The van der Waals surface area contributed by atoms with Gasteiger partial charge in [0.15, 0.2) is 0 Å². The Morgan fingerprint density at radius 2 is 1.82 bits per heavy atom. The lowest BCUT2D eigenvalue weighted by Crippen LogP contribution is -2.49. The van der Waals surface area contributed by atoms with E-state index in [-0.39, 0.29) is 11.3 Å². The van der Waals surface area contributed by atoms with Gasteiger partial charge >= 0.3 is 0 Å². The maximum atomic E-state index is 11.6. The van der Waals surface area contributed by atoms with Gasteiger partial charge in [0.25, 0.3) is 0 Å². The summed E-state index contributed by atoms with van der Waals surface area (Å²) >= 11 is 0. The summed E-state index contributed by atoms with van der Waals surface area (Å²) in [7, 11) is -3.15. The second kappa shape index (κ2) is 6.32. The first kappa shape index (κ1) is 16.3. The lowest BCUT2D eigenvalue weighted by molar-refractivity contribution is -0.124. The molecule has 0 bridgehead atoms. The number of hydrogen-bond acceptors (Lipinski definition) is 4. The fraction of sp³-hybridized carbons (Fsp3) is 0.900. The second-order valence-electron chi connectivity index (χ2n) is 5.15. The van der Waals surface area contributed by atoms with Crippen LogP contribution in [0.15, 0.2) is 0 Å². The maximum Gasteiger partial charge on any atom is 0.237 e. The third-order valence-corrected chi connectivity index (χ3v) is 2.96. The second-order valence-corrected chi connectivity index (χ2v) is 6.99. The third kappa shape index (κ3) is 8.12. The van der Waals surface area contributed by atoms with Crippen LogP contribution in [0.4, 0.5) is 0 Å². The summed E-state index contributed by atoms with van der Waals surface area (Å²) in [5.41, 5.74) is 5.47. The molecule has 0 radical (unpaired) electrons. The van der Waals surface area contributed by atoms with E-state index in [0.717, 1.165) is 6.26 Å². The zero-order valence-corrected chi connectivity index (χ0v) is 11.7. The normalized spacial score (nSPS) is 14.4. The lowest BCUT2D eigenvalue weighted by atomic mass is 9.87. The molecule has 4 N–H and O–H groups in total. The van der Waals surface area contributed by atoms with Gasteiger partial charge in [-0.2, -0.15) is 0 Å². The Kier molecular flexibility index (Phi) is 6.08. The van der Waals surface area contributed by atoms with Crippen LogP contribution >= 0.6 is 0 Å². The molecule has 0 aromatic heterocycles. The minimum absolute atomic E-state index is 0.211. The van der Waals surface area contributed by atoms with Crippen molar-refractivity contribution in [3.05, 3.63) is 0 Å². The van der Waals surface area contributed by atoms with Crippen LogP contribution < -0.4 is 15.8 Å². The zero-order valence-electron chi connectivity index (χ0n) is 10.9. The molecule has 0 aliphatic heterocycles. The molecule has 0 spiro atoms. The van der Waals surface area contributed by atoms with Crippen LogP contribution in [0.5, 0.6) is 0 Å². The van der Waals surface area contributed by atoms with Crippen molar-refractivity contribution in [2.24, 2.45) is 11.1 Å². The molecule has 6 nitrogen and oxygen atoms in total. The predicted molar refractivity (Wildman–Crippen MR) is 67.9 cm³/mol. The van der Waals surface area contributed by atoms with Gasteiger partial charge in [0.2, 0.25) is 15.9 Å². The van der Waals surface area contributed by atoms with Crippen molar-refractivity contribution in [1.29, 1.82) is 0 Å². The highest BCUT2D eigenvalue weighted by molar-refractivity contribution is 7.88. The van der Waals surface area contributed by atoms with Crippen molar-refractivity contribution >= 4 is 15.9 Å². The molecule has 17 heavy (non-hydrogen) atoms. The molecule has 1 amide bonds. The SMILES string of the molecule is CC(C)(C)[C@H](N)C(=O)NCCCNS(C)(=O)=O. The van der Waals surface area contributed by atoms with Crippen LogP contribution in [-0.4, -0.2) is 39.7 Å². The molecule has 0 fully saturated rings. The zero-order chi connectivity index (χ0) is 13.7. The molecule has 0 heterocycles. The first-order chi connectivity index (χ1) is 7.54. The molecule has 0 saturated heterocycles. The molecular weight excluding hydrogens is 242 g/mol. The Morgan fingerprint density at radius 3 is 2.24 bits per heavy atom. The van der Waals surface area contributed by atoms with E-state index < -0.39 is 16.1 Å². The minimum atomic E-state index is -3.15. The van der Waals surface area contributed by atoms with E-state index >= 15 is 0 Å². The van der Waals surface area contributed by atoms with E-state index in [1.54, 1.807) is 0 Å². The van der Waals surface area contributed by atoms with Crippen LogP contribution in [0.2, 0.25) is 0 Å². The summed E-state index contributed by atoms with van der Waals surface area (Å²) < 4.78 is 23.8. The number of nitrogens with two attached hydrogens (primary N) is 1. The van der Waals surface area contributed by atoms with E-state index in [4.69, 9.17) is 5.73 Å². The average Bonchev–Trinajstić information content (AvgIpc) is 2.12. The van der Waals surface area contributed by atoms with Crippen LogP contribution in [0.1, 0.15) is 27.2 Å². The molecule has 0 rings (SSSR count). The Balaban J connectivity index is 3.80. The largest absolute Gasteiger partial charge is 0.355 e. The molecule has 0 aliphatic rings. The van der Waals surface area contributed by atoms with Gasteiger partial charge in [-0.3, -0.25) is 4.79 Å². The summed E-state index contributed by atoms with van der Waals surface area (Å²) in [6.07, 6.45) is 1.64. The van der Waals surface area contributed by atoms with Crippen molar-refractivity contribution in [2.45, 2.75) is 33.2 Å². The molecule has 0 aromatic rings. The van der Waals surface area contributed by atoms with Crippen LogP contribution in [0.3, 0.4) is 0 Å². The fourth-order valence-electron chi connectivity index (χ4n) is 1.06. The van der Waals surface area contributed by atoms with E-state index in [0.29, 0.717) is 19.5 Å². The lowest BCUT2D eigenvalue weighted by Gasteiger charge is -2.25. The molecular formula is C10H23N3O3S. The summed E-state index contributed by atoms with van der Waals surface area (Å²) in [4.78, 5) is 11.6. The number of carbonyl (C=O) groups excluding carboxylic acids is 1. The summed E-state index contributed by atoms with van der Waals surface area (Å²) in [6, 6.07) is -0.564. The van der Waals surface area contributed by atoms with Gasteiger partial charge in [-0.05, 0) is 11.8 Å². The number of nitrogens with one attached hydrogen (secondary N) is 2. The highest BCUT2D eigenvalue weighted by atomic mass is 32.2. The van der Waals surface area contributed by atoms with Gasteiger partial charge in [0, 0.05) is 13.1 Å². The molecule has 7 heteroatoms. The van der Waals surface area contributed by atoms with Crippen molar-refractivity contribution < 1.29 is 13.2 Å². The number of hydrogen-bond donors (Lipinski definition) is 3. The van der Waals surface area contributed by atoms with Crippen molar-refractivity contribution in [2.75, 3.05) is 19.3 Å². The molecule has 0 saturated carbocycles. The maximum absolute atomic E-state index is 11.6. The van der Waals surface area contributed by atoms with Gasteiger partial charge in [-0.25, -0.2) is 13.1 Å². The van der Waals surface area contributed by atoms with Gasteiger partial charge in [-0.15, -0.1) is 0 Å².